The summed E-state index contributed by atoms with van der Waals surface area (Å²) in [5.41, 5.74) is 7.25. The molecule has 0 radical (unpaired) electrons. The third-order valence-electron chi connectivity index (χ3n) is 4.07. The van der Waals surface area contributed by atoms with Crippen LogP contribution in [0.3, 0.4) is 0 Å². The highest BCUT2D eigenvalue weighted by atomic mass is 16.5. The van der Waals surface area contributed by atoms with Gasteiger partial charge in [-0.2, -0.15) is 0 Å². The molecule has 0 unspecified atom stereocenters. The van der Waals surface area contributed by atoms with Gasteiger partial charge in [0.15, 0.2) is 0 Å². The predicted octanol–water partition coefficient (Wildman–Crippen LogP) is 1.72. The largest absolute Gasteiger partial charge is 0.469 e. The molecule has 0 heterocycles. The number of carbonyl (C=O) groups is 2. The highest BCUT2D eigenvalue weighted by Gasteiger charge is 2.31. The van der Waals surface area contributed by atoms with Crippen LogP contribution < -0.4 is 11.1 Å². The summed E-state index contributed by atoms with van der Waals surface area (Å²) >= 11 is 0. The number of hydrogen-bond acceptors (Lipinski definition) is 4. The lowest BCUT2D eigenvalue weighted by Crippen LogP contribution is -2.29. The van der Waals surface area contributed by atoms with Gasteiger partial charge in [-0.15, -0.1) is 0 Å². The van der Waals surface area contributed by atoms with Crippen molar-refractivity contribution in [2.45, 2.75) is 25.7 Å². The summed E-state index contributed by atoms with van der Waals surface area (Å²) in [7, 11) is 1.36. The molecule has 0 aliphatic heterocycles. The number of benzene rings is 1. The second-order valence-corrected chi connectivity index (χ2v) is 5.48. The number of amides is 1. The second-order valence-electron chi connectivity index (χ2n) is 5.48. The van der Waals surface area contributed by atoms with Gasteiger partial charge in [0.25, 0.3) is 0 Å². The molecule has 0 spiro atoms. The van der Waals surface area contributed by atoms with Gasteiger partial charge in [-0.1, -0.05) is 18.6 Å². The summed E-state index contributed by atoms with van der Waals surface area (Å²) in [6, 6.07) is 7.29. The Morgan fingerprint density at radius 1 is 1.38 bits per heavy atom. The first-order valence-corrected chi connectivity index (χ1v) is 7.30. The monoisotopic (exact) mass is 290 g/mol. The minimum Gasteiger partial charge on any atom is -0.469 e. The minimum absolute atomic E-state index is 0.000682. The normalized spacial score (nSPS) is 21.0. The second kappa shape index (κ2) is 7.22. The highest BCUT2D eigenvalue weighted by molar-refractivity contribution is 5.93. The van der Waals surface area contributed by atoms with E-state index < -0.39 is 0 Å². The Balaban J connectivity index is 2.00. The van der Waals surface area contributed by atoms with Crippen LogP contribution in [0.25, 0.3) is 0 Å². The number of esters is 1. The number of nitrogens with two attached hydrogens (primary N) is 1. The van der Waals surface area contributed by atoms with Gasteiger partial charge in [-0.3, -0.25) is 9.59 Å². The van der Waals surface area contributed by atoms with Crippen LogP contribution in [0.2, 0.25) is 0 Å². The van der Waals surface area contributed by atoms with Crippen LogP contribution in [0.1, 0.15) is 24.8 Å². The standard InChI is InChI=1S/C16H22N2O3/c1-21-15(19)9-11-4-2-6-13(8-11)18-16(20)14-7-3-5-12(14)10-17/h2,4,6,8,12,14H,3,5,7,9-10,17H2,1H3,(H,18,20)/t12-,14-/m1/s1. The molecule has 5 nitrogen and oxygen atoms in total. The maximum absolute atomic E-state index is 12.3. The van der Waals surface area contributed by atoms with Crippen molar-refractivity contribution < 1.29 is 14.3 Å². The third kappa shape index (κ3) is 4.04. The summed E-state index contributed by atoms with van der Waals surface area (Å²) in [6.07, 6.45) is 3.18. The first kappa shape index (κ1) is 15.5. The van der Waals surface area contributed by atoms with E-state index in [0.29, 0.717) is 12.2 Å². The average molecular weight is 290 g/mol. The molecule has 5 heteroatoms. The lowest BCUT2D eigenvalue weighted by Gasteiger charge is -2.17. The summed E-state index contributed by atoms with van der Waals surface area (Å²) in [5.74, 6) is 0.0122. The molecule has 0 aromatic heterocycles. The van der Waals surface area contributed by atoms with Gasteiger partial charge in [-0.05, 0) is 43.0 Å². The smallest absolute Gasteiger partial charge is 0.309 e. The number of ether oxygens (including phenoxy) is 1. The fraction of sp³-hybridized carbons (Fsp3) is 0.500. The van der Waals surface area contributed by atoms with Crippen molar-refractivity contribution in [3.63, 3.8) is 0 Å². The van der Waals surface area contributed by atoms with Crippen LogP contribution in [0.5, 0.6) is 0 Å². The van der Waals surface area contributed by atoms with Crippen molar-refractivity contribution in [2.24, 2.45) is 17.6 Å². The SMILES string of the molecule is COC(=O)Cc1cccc(NC(=O)[C@@H]2CCC[C@@H]2CN)c1. The van der Waals surface area contributed by atoms with E-state index in [0.717, 1.165) is 24.8 Å². The Morgan fingerprint density at radius 2 is 2.19 bits per heavy atom. The van der Waals surface area contributed by atoms with E-state index >= 15 is 0 Å². The Bertz CT molecular complexity index is 516. The summed E-state index contributed by atoms with van der Waals surface area (Å²) in [4.78, 5) is 23.6. The highest BCUT2D eigenvalue weighted by Crippen LogP contribution is 2.31. The molecule has 3 N–H and O–H groups in total. The van der Waals surface area contributed by atoms with Crippen molar-refractivity contribution in [2.75, 3.05) is 19.0 Å². The number of methoxy groups -OCH3 is 1. The average Bonchev–Trinajstić information content (AvgIpc) is 2.96. The summed E-state index contributed by atoms with van der Waals surface area (Å²) in [5, 5.41) is 2.93. The first-order valence-electron chi connectivity index (χ1n) is 7.30. The molecule has 1 aromatic carbocycles. The fourth-order valence-corrected chi connectivity index (χ4v) is 2.90. The van der Waals surface area contributed by atoms with Crippen LogP contribution in [-0.4, -0.2) is 25.5 Å². The molecule has 1 aliphatic rings. The molecule has 1 aromatic rings. The van der Waals surface area contributed by atoms with Crippen molar-refractivity contribution >= 4 is 17.6 Å². The maximum Gasteiger partial charge on any atom is 0.309 e. The van der Waals surface area contributed by atoms with E-state index in [1.807, 2.05) is 18.2 Å². The molecular formula is C16H22N2O3. The van der Waals surface area contributed by atoms with E-state index in [2.05, 4.69) is 10.1 Å². The molecule has 0 bridgehead atoms. The zero-order valence-electron chi connectivity index (χ0n) is 12.3. The molecule has 1 fully saturated rings. The van der Waals surface area contributed by atoms with Gasteiger partial charge in [-0.25, -0.2) is 0 Å². The van der Waals surface area contributed by atoms with Gasteiger partial charge >= 0.3 is 5.97 Å². The van der Waals surface area contributed by atoms with E-state index in [1.54, 1.807) is 6.07 Å². The van der Waals surface area contributed by atoms with Crippen molar-refractivity contribution in [3.05, 3.63) is 29.8 Å². The van der Waals surface area contributed by atoms with E-state index in [-0.39, 0.29) is 30.1 Å². The van der Waals surface area contributed by atoms with Gasteiger partial charge in [0, 0.05) is 11.6 Å². The zero-order valence-corrected chi connectivity index (χ0v) is 12.3. The lowest BCUT2D eigenvalue weighted by atomic mass is 9.95. The first-order chi connectivity index (χ1) is 10.1. The van der Waals surface area contributed by atoms with E-state index in [4.69, 9.17) is 5.73 Å². The third-order valence-corrected chi connectivity index (χ3v) is 4.07. The van der Waals surface area contributed by atoms with Crippen molar-refractivity contribution in [3.8, 4) is 0 Å². The molecule has 2 rings (SSSR count). The molecule has 1 amide bonds. The summed E-state index contributed by atoms with van der Waals surface area (Å²) in [6.45, 7) is 0.556. The lowest BCUT2D eigenvalue weighted by molar-refractivity contribution is -0.139. The Hall–Kier alpha value is -1.88. The molecule has 2 atom stereocenters. The zero-order chi connectivity index (χ0) is 15.2. The Labute approximate surface area is 124 Å². The van der Waals surface area contributed by atoms with Gasteiger partial charge in [0.05, 0.1) is 13.5 Å². The molecular weight excluding hydrogens is 268 g/mol. The molecule has 0 saturated heterocycles. The van der Waals surface area contributed by atoms with Crippen molar-refractivity contribution in [1.29, 1.82) is 0 Å². The number of anilines is 1. The Morgan fingerprint density at radius 3 is 2.90 bits per heavy atom. The van der Waals surface area contributed by atoms with Crippen molar-refractivity contribution in [1.82, 2.24) is 0 Å². The van der Waals surface area contributed by atoms with Gasteiger partial charge in [0.2, 0.25) is 5.91 Å². The Kier molecular flexibility index (Phi) is 5.33. The molecule has 21 heavy (non-hydrogen) atoms. The van der Waals surface area contributed by atoms with Crippen LogP contribution in [0, 0.1) is 11.8 Å². The number of carbonyl (C=O) groups excluding carboxylic acids is 2. The van der Waals surface area contributed by atoms with Gasteiger partial charge < -0.3 is 15.8 Å². The number of hydrogen-bond donors (Lipinski definition) is 2. The summed E-state index contributed by atoms with van der Waals surface area (Å²) < 4.78 is 4.64. The van der Waals surface area contributed by atoms with Gasteiger partial charge in [0.1, 0.15) is 0 Å². The fourth-order valence-electron chi connectivity index (χ4n) is 2.90. The van der Waals surface area contributed by atoms with Crippen LogP contribution in [-0.2, 0) is 20.7 Å². The molecule has 114 valence electrons. The van der Waals surface area contributed by atoms with E-state index in [1.165, 1.54) is 7.11 Å². The minimum atomic E-state index is -0.294. The van der Waals surface area contributed by atoms with Crippen LogP contribution in [0.4, 0.5) is 5.69 Å². The van der Waals surface area contributed by atoms with Crippen LogP contribution >= 0.6 is 0 Å². The van der Waals surface area contributed by atoms with E-state index in [9.17, 15) is 9.59 Å². The van der Waals surface area contributed by atoms with Crippen LogP contribution in [0.15, 0.2) is 24.3 Å². The number of rotatable bonds is 5. The predicted molar refractivity (Wildman–Crippen MR) is 80.7 cm³/mol. The number of nitrogens with one attached hydrogen (secondary N) is 1. The molecule has 1 aliphatic carbocycles. The topological polar surface area (TPSA) is 81.4 Å². The quantitative estimate of drug-likeness (QED) is 0.809. The maximum atomic E-state index is 12.3. The molecule has 1 saturated carbocycles.